The number of nitrogens with one attached hydrogen (secondary N) is 3. The van der Waals surface area contributed by atoms with Crippen LogP contribution in [-0.2, 0) is 14.8 Å². The van der Waals surface area contributed by atoms with E-state index in [1.807, 2.05) is 0 Å². The van der Waals surface area contributed by atoms with Crippen LogP contribution in [-0.4, -0.2) is 50.9 Å². The minimum Gasteiger partial charge on any atom is -0.376 e. The molecule has 0 aromatic heterocycles. The molecular weight excluding hydrogens is 320 g/mol. The zero-order chi connectivity index (χ0) is 17.0. The van der Waals surface area contributed by atoms with Gasteiger partial charge < -0.3 is 10.6 Å². The topological polar surface area (TPSA) is 108 Å². The number of urea groups is 1. The summed E-state index contributed by atoms with van der Waals surface area (Å²) in [6.45, 7) is 4.27. The van der Waals surface area contributed by atoms with E-state index in [0.29, 0.717) is 18.8 Å². The van der Waals surface area contributed by atoms with Crippen molar-refractivity contribution >= 4 is 27.6 Å². The summed E-state index contributed by atoms with van der Waals surface area (Å²) in [5.74, 6) is -0.335. The van der Waals surface area contributed by atoms with Crippen molar-refractivity contribution in [2.24, 2.45) is 0 Å². The summed E-state index contributed by atoms with van der Waals surface area (Å²) in [5.41, 5.74) is 0.599. The lowest BCUT2D eigenvalue weighted by Crippen LogP contribution is -2.38. The molecule has 126 valence electrons. The van der Waals surface area contributed by atoms with E-state index in [-0.39, 0.29) is 23.4 Å². The molecule has 0 radical (unpaired) electrons. The Balaban J connectivity index is 1.95. The van der Waals surface area contributed by atoms with E-state index in [2.05, 4.69) is 15.4 Å². The van der Waals surface area contributed by atoms with Gasteiger partial charge in [-0.2, -0.15) is 0 Å². The molecule has 1 aromatic carbocycles. The molecule has 0 unspecified atom stereocenters. The lowest BCUT2D eigenvalue weighted by molar-refractivity contribution is -0.125. The first-order valence-corrected chi connectivity index (χ1v) is 8.72. The molecule has 1 saturated heterocycles. The number of hydrogen-bond acceptors (Lipinski definition) is 5. The SMILES string of the molecule is CC(C)NS(=O)(=O)c1ccc(NCC(=O)N2CCNC2=O)cc1. The van der Waals surface area contributed by atoms with Crippen LogP contribution in [0, 0.1) is 0 Å². The van der Waals surface area contributed by atoms with Gasteiger partial charge in [0.1, 0.15) is 0 Å². The molecule has 0 aliphatic carbocycles. The van der Waals surface area contributed by atoms with Crippen LogP contribution in [0.2, 0.25) is 0 Å². The van der Waals surface area contributed by atoms with Crippen molar-refractivity contribution in [1.29, 1.82) is 0 Å². The predicted octanol–water partition coefficient (Wildman–Crippen LogP) is 0.337. The molecule has 3 amide bonds. The first-order valence-electron chi connectivity index (χ1n) is 7.24. The number of hydrogen-bond donors (Lipinski definition) is 3. The number of nitrogens with zero attached hydrogens (tertiary/aromatic N) is 1. The maximum Gasteiger partial charge on any atom is 0.324 e. The van der Waals surface area contributed by atoms with Crippen LogP contribution in [0.1, 0.15) is 13.8 Å². The van der Waals surface area contributed by atoms with Crippen molar-refractivity contribution in [3.63, 3.8) is 0 Å². The molecule has 9 heteroatoms. The van der Waals surface area contributed by atoms with E-state index in [4.69, 9.17) is 0 Å². The highest BCUT2D eigenvalue weighted by molar-refractivity contribution is 7.89. The fourth-order valence-corrected chi connectivity index (χ4v) is 3.36. The fraction of sp³-hybridized carbons (Fsp3) is 0.429. The predicted molar refractivity (Wildman–Crippen MR) is 85.5 cm³/mol. The Morgan fingerprint density at radius 2 is 1.96 bits per heavy atom. The second-order valence-electron chi connectivity index (χ2n) is 5.43. The lowest BCUT2D eigenvalue weighted by atomic mass is 10.3. The molecule has 1 fully saturated rings. The highest BCUT2D eigenvalue weighted by Crippen LogP contribution is 2.14. The second kappa shape index (κ2) is 6.97. The third-order valence-electron chi connectivity index (χ3n) is 3.16. The van der Waals surface area contributed by atoms with Gasteiger partial charge in [-0.3, -0.25) is 9.69 Å². The van der Waals surface area contributed by atoms with E-state index in [9.17, 15) is 18.0 Å². The number of imide groups is 1. The molecule has 2 rings (SSSR count). The summed E-state index contributed by atoms with van der Waals surface area (Å²) in [6.07, 6.45) is 0. The standard InChI is InChI=1S/C14H20N4O4S/c1-10(2)17-23(21,22)12-5-3-11(4-6-12)16-9-13(19)18-8-7-15-14(18)20/h3-6,10,16-17H,7-9H2,1-2H3,(H,15,20). The number of sulfonamides is 1. The number of carbonyl (C=O) groups is 2. The van der Waals surface area contributed by atoms with Gasteiger partial charge in [0, 0.05) is 24.8 Å². The molecule has 0 atom stereocenters. The summed E-state index contributed by atoms with van der Waals surface area (Å²) < 4.78 is 26.5. The molecule has 0 saturated carbocycles. The summed E-state index contributed by atoms with van der Waals surface area (Å²) in [6, 6.07) is 5.48. The molecule has 0 bridgehead atoms. The van der Waals surface area contributed by atoms with Gasteiger partial charge in [0.25, 0.3) is 0 Å². The Morgan fingerprint density at radius 3 is 2.48 bits per heavy atom. The minimum atomic E-state index is -3.53. The smallest absolute Gasteiger partial charge is 0.324 e. The second-order valence-corrected chi connectivity index (χ2v) is 7.15. The van der Waals surface area contributed by atoms with Crippen LogP contribution in [0.5, 0.6) is 0 Å². The number of carbonyl (C=O) groups excluding carboxylic acids is 2. The number of anilines is 1. The molecule has 1 aliphatic rings. The van der Waals surface area contributed by atoms with E-state index in [1.54, 1.807) is 26.0 Å². The monoisotopic (exact) mass is 340 g/mol. The Labute approximate surface area is 135 Å². The highest BCUT2D eigenvalue weighted by Gasteiger charge is 2.25. The summed E-state index contributed by atoms with van der Waals surface area (Å²) in [4.78, 5) is 24.5. The molecule has 1 aromatic rings. The van der Waals surface area contributed by atoms with Crippen LogP contribution in [0.25, 0.3) is 0 Å². The van der Waals surface area contributed by atoms with Crippen molar-refractivity contribution in [3.8, 4) is 0 Å². The average Bonchev–Trinajstić information content (AvgIpc) is 2.90. The molecule has 3 N–H and O–H groups in total. The van der Waals surface area contributed by atoms with E-state index in [1.165, 1.54) is 12.1 Å². The van der Waals surface area contributed by atoms with Gasteiger partial charge in [0.05, 0.1) is 11.4 Å². The summed E-state index contributed by atoms with van der Waals surface area (Å²) >= 11 is 0. The van der Waals surface area contributed by atoms with Gasteiger partial charge in [0.15, 0.2) is 0 Å². The van der Waals surface area contributed by atoms with Crippen LogP contribution >= 0.6 is 0 Å². The third-order valence-corrected chi connectivity index (χ3v) is 4.83. The summed E-state index contributed by atoms with van der Waals surface area (Å²) in [5, 5.41) is 5.43. The molecule has 1 aliphatic heterocycles. The fourth-order valence-electron chi connectivity index (χ4n) is 2.11. The summed E-state index contributed by atoms with van der Waals surface area (Å²) in [7, 11) is -3.53. The Kier molecular flexibility index (Phi) is 5.22. The molecular formula is C14H20N4O4S. The maximum absolute atomic E-state index is 12.0. The van der Waals surface area contributed by atoms with Gasteiger partial charge in [-0.05, 0) is 38.1 Å². The van der Waals surface area contributed by atoms with Gasteiger partial charge >= 0.3 is 6.03 Å². The van der Waals surface area contributed by atoms with Crippen LogP contribution in [0.3, 0.4) is 0 Å². The number of benzene rings is 1. The Morgan fingerprint density at radius 1 is 1.30 bits per heavy atom. The highest BCUT2D eigenvalue weighted by atomic mass is 32.2. The number of rotatable bonds is 6. The zero-order valence-electron chi connectivity index (χ0n) is 13.0. The first-order chi connectivity index (χ1) is 10.8. The zero-order valence-corrected chi connectivity index (χ0v) is 13.8. The Hall–Kier alpha value is -2.13. The lowest BCUT2D eigenvalue weighted by Gasteiger charge is -2.14. The van der Waals surface area contributed by atoms with E-state index >= 15 is 0 Å². The first kappa shape index (κ1) is 17.2. The van der Waals surface area contributed by atoms with Crippen LogP contribution in [0.4, 0.5) is 10.5 Å². The molecule has 0 spiro atoms. The van der Waals surface area contributed by atoms with Gasteiger partial charge in [0.2, 0.25) is 15.9 Å². The molecule has 1 heterocycles. The molecule has 8 nitrogen and oxygen atoms in total. The van der Waals surface area contributed by atoms with Crippen LogP contribution in [0.15, 0.2) is 29.2 Å². The van der Waals surface area contributed by atoms with E-state index < -0.39 is 16.1 Å². The number of amides is 3. The minimum absolute atomic E-state index is 0.0379. The van der Waals surface area contributed by atoms with Crippen molar-refractivity contribution in [2.75, 3.05) is 25.0 Å². The van der Waals surface area contributed by atoms with Crippen molar-refractivity contribution in [3.05, 3.63) is 24.3 Å². The van der Waals surface area contributed by atoms with E-state index in [0.717, 1.165) is 4.90 Å². The average molecular weight is 340 g/mol. The Bertz CT molecular complexity index is 685. The normalized spacial score (nSPS) is 14.9. The molecule has 23 heavy (non-hydrogen) atoms. The van der Waals surface area contributed by atoms with Gasteiger partial charge in [-0.1, -0.05) is 0 Å². The van der Waals surface area contributed by atoms with Crippen molar-refractivity contribution in [1.82, 2.24) is 14.9 Å². The van der Waals surface area contributed by atoms with Gasteiger partial charge in [-0.15, -0.1) is 0 Å². The largest absolute Gasteiger partial charge is 0.376 e. The van der Waals surface area contributed by atoms with Gasteiger partial charge in [-0.25, -0.2) is 17.9 Å². The quantitative estimate of drug-likeness (QED) is 0.692. The third kappa shape index (κ3) is 4.42. The van der Waals surface area contributed by atoms with Crippen LogP contribution < -0.4 is 15.4 Å². The van der Waals surface area contributed by atoms with Crippen molar-refractivity contribution < 1.29 is 18.0 Å². The maximum atomic E-state index is 12.0. The van der Waals surface area contributed by atoms with Crippen molar-refractivity contribution in [2.45, 2.75) is 24.8 Å².